The first-order valence-electron chi connectivity index (χ1n) is 6.37. The fourth-order valence-corrected chi connectivity index (χ4v) is 1.81. The van der Waals surface area contributed by atoms with Crippen molar-refractivity contribution in [2.75, 3.05) is 11.9 Å². The van der Waals surface area contributed by atoms with Gasteiger partial charge in [0.05, 0.1) is 0 Å². The lowest BCUT2D eigenvalue weighted by Crippen LogP contribution is -2.13. The van der Waals surface area contributed by atoms with Gasteiger partial charge < -0.3 is 16.2 Å². The first-order valence-corrected chi connectivity index (χ1v) is 6.37. The number of aryl methyl sites for hydroxylation is 1. The van der Waals surface area contributed by atoms with Crippen LogP contribution in [-0.4, -0.2) is 22.5 Å². The van der Waals surface area contributed by atoms with Crippen molar-refractivity contribution in [3.63, 3.8) is 0 Å². The van der Waals surface area contributed by atoms with Crippen LogP contribution >= 0.6 is 0 Å². The Balaban J connectivity index is 2.13. The number of anilines is 1. The molecular weight excluding hydrogens is 254 g/mol. The second-order valence-corrected chi connectivity index (χ2v) is 4.51. The summed E-state index contributed by atoms with van der Waals surface area (Å²) >= 11 is 0. The van der Waals surface area contributed by atoms with Gasteiger partial charge in [-0.1, -0.05) is 12.1 Å². The van der Waals surface area contributed by atoms with E-state index in [-0.39, 0.29) is 17.5 Å². The molecule has 0 aliphatic heterocycles. The Morgan fingerprint density at radius 2 is 1.95 bits per heavy atom. The number of nitrogens with two attached hydrogens (primary N) is 1. The summed E-state index contributed by atoms with van der Waals surface area (Å²) in [7, 11) is 0. The maximum absolute atomic E-state index is 12.1. The van der Waals surface area contributed by atoms with E-state index in [9.17, 15) is 9.90 Å². The highest BCUT2D eigenvalue weighted by atomic mass is 16.3. The Labute approximate surface area is 117 Å². The highest BCUT2D eigenvalue weighted by Gasteiger charge is 2.10. The lowest BCUT2D eigenvalue weighted by Gasteiger charge is -2.07. The van der Waals surface area contributed by atoms with Crippen molar-refractivity contribution in [3.8, 4) is 5.75 Å². The Morgan fingerprint density at radius 3 is 2.60 bits per heavy atom. The number of nitrogens with one attached hydrogen (secondary N) is 1. The van der Waals surface area contributed by atoms with Crippen LogP contribution in [0.5, 0.6) is 5.75 Å². The lowest BCUT2D eigenvalue weighted by molar-refractivity contribution is 0.102. The number of carbonyl (C=O) groups is 1. The molecule has 104 valence electrons. The van der Waals surface area contributed by atoms with Gasteiger partial charge in [-0.05, 0) is 49.7 Å². The third-order valence-corrected chi connectivity index (χ3v) is 2.89. The summed E-state index contributed by atoms with van der Waals surface area (Å²) in [4.78, 5) is 16.1. The van der Waals surface area contributed by atoms with Gasteiger partial charge in [0.2, 0.25) is 0 Å². The van der Waals surface area contributed by atoms with Crippen LogP contribution in [0.25, 0.3) is 0 Å². The second kappa shape index (κ2) is 6.16. The average Bonchev–Trinajstić information content (AvgIpc) is 2.44. The van der Waals surface area contributed by atoms with Crippen LogP contribution in [0, 0.1) is 6.92 Å². The van der Waals surface area contributed by atoms with Crippen LogP contribution in [0.4, 0.5) is 5.82 Å². The molecular formula is C15H17N3O2. The van der Waals surface area contributed by atoms with Crippen LogP contribution in [0.15, 0.2) is 36.4 Å². The van der Waals surface area contributed by atoms with Crippen LogP contribution in [0.3, 0.4) is 0 Å². The molecule has 0 atom stereocenters. The van der Waals surface area contributed by atoms with Gasteiger partial charge in [-0.2, -0.15) is 0 Å². The summed E-state index contributed by atoms with van der Waals surface area (Å²) in [5.41, 5.74) is 7.79. The summed E-state index contributed by atoms with van der Waals surface area (Å²) in [5.74, 6) is -0.192. The average molecular weight is 271 g/mol. The first-order chi connectivity index (χ1) is 9.60. The number of pyridine rings is 1. The molecule has 0 saturated heterocycles. The molecule has 1 aromatic heterocycles. The van der Waals surface area contributed by atoms with Crippen LogP contribution < -0.4 is 11.1 Å². The van der Waals surface area contributed by atoms with E-state index >= 15 is 0 Å². The monoisotopic (exact) mass is 271 g/mol. The maximum Gasteiger partial charge on any atom is 0.256 e. The predicted molar refractivity (Wildman–Crippen MR) is 77.8 cm³/mol. The van der Waals surface area contributed by atoms with E-state index in [4.69, 9.17) is 5.73 Å². The van der Waals surface area contributed by atoms with Gasteiger partial charge in [-0.25, -0.2) is 4.98 Å². The standard InChI is InChI=1S/C15H17N3O2/c1-10-2-7-13(19)14(17-10)18-15(20)12-5-3-11(4-6-12)8-9-16/h2-7,19H,8-9,16H2,1H3,(H,17,18,20). The van der Waals surface area contributed by atoms with Crippen molar-refractivity contribution in [3.05, 3.63) is 53.2 Å². The minimum absolute atomic E-state index is 0.0521. The van der Waals surface area contributed by atoms with Crippen LogP contribution in [0.1, 0.15) is 21.6 Å². The minimum Gasteiger partial charge on any atom is -0.504 e. The molecule has 1 aromatic carbocycles. The molecule has 1 amide bonds. The van der Waals surface area contributed by atoms with E-state index in [1.807, 2.05) is 12.1 Å². The van der Waals surface area contributed by atoms with E-state index in [1.54, 1.807) is 25.1 Å². The summed E-state index contributed by atoms with van der Waals surface area (Å²) < 4.78 is 0. The summed E-state index contributed by atoms with van der Waals surface area (Å²) in [6.45, 7) is 2.36. The largest absolute Gasteiger partial charge is 0.504 e. The lowest BCUT2D eigenvalue weighted by atomic mass is 10.1. The van der Waals surface area contributed by atoms with Gasteiger partial charge in [-0.3, -0.25) is 4.79 Å². The van der Waals surface area contributed by atoms with E-state index in [0.717, 1.165) is 17.7 Å². The molecule has 0 fully saturated rings. The number of hydrogen-bond donors (Lipinski definition) is 3. The van der Waals surface area contributed by atoms with Gasteiger partial charge in [0, 0.05) is 11.3 Å². The third-order valence-electron chi connectivity index (χ3n) is 2.89. The van der Waals surface area contributed by atoms with Gasteiger partial charge in [-0.15, -0.1) is 0 Å². The minimum atomic E-state index is -0.308. The van der Waals surface area contributed by atoms with Gasteiger partial charge >= 0.3 is 0 Å². The zero-order chi connectivity index (χ0) is 14.5. The molecule has 2 rings (SSSR count). The third kappa shape index (κ3) is 3.33. The smallest absolute Gasteiger partial charge is 0.256 e. The topological polar surface area (TPSA) is 88.2 Å². The molecule has 1 heterocycles. The normalized spacial score (nSPS) is 10.3. The number of aromatic nitrogens is 1. The Hall–Kier alpha value is -2.40. The predicted octanol–water partition coefficient (Wildman–Crippen LogP) is 1.85. The fraction of sp³-hybridized carbons (Fsp3) is 0.200. The highest BCUT2D eigenvalue weighted by molar-refractivity contribution is 6.04. The number of amides is 1. The van der Waals surface area contributed by atoms with Crippen molar-refractivity contribution < 1.29 is 9.90 Å². The molecule has 0 aliphatic carbocycles. The van der Waals surface area contributed by atoms with Crippen LogP contribution in [-0.2, 0) is 6.42 Å². The zero-order valence-corrected chi connectivity index (χ0v) is 11.3. The molecule has 0 radical (unpaired) electrons. The maximum atomic E-state index is 12.1. The van der Waals surface area contributed by atoms with Crippen molar-refractivity contribution >= 4 is 11.7 Å². The molecule has 20 heavy (non-hydrogen) atoms. The van der Waals surface area contributed by atoms with Crippen molar-refractivity contribution in [2.24, 2.45) is 5.73 Å². The van der Waals surface area contributed by atoms with Crippen molar-refractivity contribution in [1.82, 2.24) is 4.98 Å². The summed E-state index contributed by atoms with van der Waals surface area (Å²) in [6, 6.07) is 10.4. The van der Waals surface area contributed by atoms with Gasteiger partial charge in [0.1, 0.15) is 0 Å². The number of nitrogens with zero attached hydrogens (tertiary/aromatic N) is 1. The van der Waals surface area contributed by atoms with Crippen molar-refractivity contribution in [2.45, 2.75) is 13.3 Å². The van der Waals surface area contributed by atoms with Crippen LogP contribution in [0.2, 0.25) is 0 Å². The number of rotatable bonds is 4. The number of benzene rings is 1. The second-order valence-electron chi connectivity index (χ2n) is 4.51. The summed E-state index contributed by atoms with van der Waals surface area (Å²) in [6.07, 6.45) is 0.780. The number of aromatic hydroxyl groups is 1. The Bertz CT molecular complexity index is 609. The fourth-order valence-electron chi connectivity index (χ4n) is 1.81. The van der Waals surface area contributed by atoms with Gasteiger partial charge in [0.25, 0.3) is 5.91 Å². The van der Waals surface area contributed by atoms with E-state index < -0.39 is 0 Å². The van der Waals surface area contributed by atoms with E-state index in [0.29, 0.717) is 12.1 Å². The molecule has 5 nitrogen and oxygen atoms in total. The number of hydrogen-bond acceptors (Lipinski definition) is 4. The zero-order valence-electron chi connectivity index (χ0n) is 11.3. The molecule has 0 saturated carbocycles. The SMILES string of the molecule is Cc1ccc(O)c(NC(=O)c2ccc(CCN)cc2)n1. The molecule has 0 bridgehead atoms. The molecule has 0 unspecified atom stereocenters. The van der Waals surface area contributed by atoms with Crippen molar-refractivity contribution in [1.29, 1.82) is 0 Å². The molecule has 5 heteroatoms. The molecule has 2 aromatic rings. The molecule has 4 N–H and O–H groups in total. The molecule has 0 spiro atoms. The van der Waals surface area contributed by atoms with E-state index in [1.165, 1.54) is 6.07 Å². The number of carbonyl (C=O) groups excluding carboxylic acids is 1. The first kappa shape index (κ1) is 14.0. The van der Waals surface area contributed by atoms with Gasteiger partial charge in [0.15, 0.2) is 11.6 Å². The summed E-state index contributed by atoms with van der Waals surface area (Å²) in [5, 5.41) is 12.2. The Kier molecular flexibility index (Phi) is 4.32. The highest BCUT2D eigenvalue weighted by Crippen LogP contribution is 2.20. The Morgan fingerprint density at radius 1 is 1.25 bits per heavy atom. The molecule has 0 aliphatic rings. The quantitative estimate of drug-likeness (QED) is 0.791. The van der Waals surface area contributed by atoms with E-state index in [2.05, 4.69) is 10.3 Å².